The average molecular weight is 262 g/mol. The number of carbonyl (C=O) groups excluding carboxylic acids is 1. The van der Waals surface area contributed by atoms with Crippen LogP contribution in [0.1, 0.15) is 44.9 Å². The fraction of sp³-hybridized carbons (Fsp3) is 0.812. The Kier molecular flexibility index (Phi) is 4.21. The van der Waals surface area contributed by atoms with Crippen LogP contribution in [0.15, 0.2) is 12.2 Å². The SMILES string of the molecule is O=C(CC1C=CCC1)N(CC1CC1)CC1CCCN1. The molecule has 0 radical (unpaired) electrons. The highest BCUT2D eigenvalue weighted by Crippen LogP contribution is 2.31. The van der Waals surface area contributed by atoms with Crippen LogP contribution in [0.25, 0.3) is 0 Å². The minimum Gasteiger partial charge on any atom is -0.341 e. The van der Waals surface area contributed by atoms with E-state index in [2.05, 4.69) is 22.4 Å². The fourth-order valence-electron chi connectivity index (χ4n) is 3.29. The van der Waals surface area contributed by atoms with Crippen molar-refractivity contribution < 1.29 is 4.79 Å². The van der Waals surface area contributed by atoms with Crippen molar-refractivity contribution in [1.82, 2.24) is 10.2 Å². The molecule has 3 heteroatoms. The van der Waals surface area contributed by atoms with Gasteiger partial charge in [-0.2, -0.15) is 0 Å². The highest BCUT2D eigenvalue weighted by molar-refractivity contribution is 5.76. The van der Waals surface area contributed by atoms with Gasteiger partial charge in [0.1, 0.15) is 0 Å². The summed E-state index contributed by atoms with van der Waals surface area (Å²) in [7, 11) is 0. The first-order chi connectivity index (χ1) is 9.31. The van der Waals surface area contributed by atoms with Crippen molar-refractivity contribution in [2.45, 2.75) is 51.0 Å². The first-order valence-corrected chi connectivity index (χ1v) is 7.99. The summed E-state index contributed by atoms with van der Waals surface area (Å²) in [6.45, 7) is 3.07. The van der Waals surface area contributed by atoms with Crippen molar-refractivity contribution in [2.24, 2.45) is 11.8 Å². The van der Waals surface area contributed by atoms with Gasteiger partial charge in [0.25, 0.3) is 0 Å². The standard InChI is InChI=1S/C16H26N2O/c19-16(10-13-4-1-2-5-13)18(11-14-7-8-14)12-15-6-3-9-17-15/h1,4,13-15,17H,2-3,5-12H2. The lowest BCUT2D eigenvalue weighted by molar-refractivity contribution is -0.132. The molecule has 3 nitrogen and oxygen atoms in total. The summed E-state index contributed by atoms with van der Waals surface area (Å²) >= 11 is 0. The molecule has 1 saturated carbocycles. The maximum absolute atomic E-state index is 12.5. The molecule has 106 valence electrons. The zero-order valence-electron chi connectivity index (χ0n) is 11.8. The highest BCUT2D eigenvalue weighted by Gasteiger charge is 2.29. The molecule has 0 aromatic carbocycles. The molecule has 1 saturated heterocycles. The molecule has 19 heavy (non-hydrogen) atoms. The number of rotatable bonds is 6. The molecular formula is C16H26N2O. The van der Waals surface area contributed by atoms with Gasteiger partial charge in [0.15, 0.2) is 0 Å². The van der Waals surface area contributed by atoms with E-state index in [-0.39, 0.29) is 0 Å². The second-order valence-electron chi connectivity index (χ2n) is 6.51. The van der Waals surface area contributed by atoms with Gasteiger partial charge in [-0.15, -0.1) is 0 Å². The summed E-state index contributed by atoms with van der Waals surface area (Å²) in [5.74, 6) is 1.69. The zero-order valence-corrected chi connectivity index (χ0v) is 11.8. The molecule has 3 rings (SSSR count). The maximum atomic E-state index is 12.5. The van der Waals surface area contributed by atoms with E-state index in [1.54, 1.807) is 0 Å². The van der Waals surface area contributed by atoms with E-state index in [9.17, 15) is 4.79 Å². The Morgan fingerprint density at radius 1 is 1.21 bits per heavy atom. The Morgan fingerprint density at radius 2 is 2.11 bits per heavy atom. The third kappa shape index (κ3) is 3.82. The molecule has 0 spiro atoms. The lowest BCUT2D eigenvalue weighted by atomic mass is 10.0. The number of nitrogens with zero attached hydrogens (tertiary/aromatic N) is 1. The van der Waals surface area contributed by atoms with Crippen LogP contribution in [0, 0.1) is 11.8 Å². The van der Waals surface area contributed by atoms with Crippen LogP contribution in [-0.4, -0.2) is 36.5 Å². The summed E-state index contributed by atoms with van der Waals surface area (Å²) in [6, 6.07) is 0.543. The molecule has 2 fully saturated rings. The van der Waals surface area contributed by atoms with Crippen LogP contribution in [0.3, 0.4) is 0 Å². The van der Waals surface area contributed by atoms with Gasteiger partial charge >= 0.3 is 0 Å². The number of nitrogens with one attached hydrogen (secondary N) is 1. The molecule has 1 amide bonds. The molecule has 1 heterocycles. The van der Waals surface area contributed by atoms with Gasteiger partial charge < -0.3 is 10.2 Å². The molecule has 1 N–H and O–H groups in total. The fourth-order valence-corrected chi connectivity index (χ4v) is 3.29. The molecule has 0 aromatic rings. The predicted molar refractivity (Wildman–Crippen MR) is 76.8 cm³/mol. The Hall–Kier alpha value is -0.830. The maximum Gasteiger partial charge on any atom is 0.223 e. The van der Waals surface area contributed by atoms with Crippen molar-refractivity contribution in [3.05, 3.63) is 12.2 Å². The lowest BCUT2D eigenvalue weighted by Gasteiger charge is -2.27. The average Bonchev–Trinajstić information content (AvgIpc) is 2.88. The predicted octanol–water partition coefficient (Wildman–Crippen LogP) is 2.33. The van der Waals surface area contributed by atoms with Crippen molar-refractivity contribution in [3.8, 4) is 0 Å². The van der Waals surface area contributed by atoms with Gasteiger partial charge in [-0.25, -0.2) is 0 Å². The summed E-state index contributed by atoms with van der Waals surface area (Å²) in [5, 5.41) is 3.52. The molecular weight excluding hydrogens is 236 g/mol. The van der Waals surface area contributed by atoms with E-state index in [1.165, 1.54) is 32.1 Å². The molecule has 0 bridgehead atoms. The van der Waals surface area contributed by atoms with Gasteiger partial charge in [-0.1, -0.05) is 12.2 Å². The van der Waals surface area contributed by atoms with Gasteiger partial charge in [-0.3, -0.25) is 4.79 Å². The van der Waals surface area contributed by atoms with Crippen molar-refractivity contribution in [1.29, 1.82) is 0 Å². The molecule has 3 aliphatic rings. The monoisotopic (exact) mass is 262 g/mol. The van der Waals surface area contributed by atoms with Crippen LogP contribution in [0.4, 0.5) is 0 Å². The zero-order chi connectivity index (χ0) is 13.1. The molecule has 2 aliphatic carbocycles. The second kappa shape index (κ2) is 6.08. The Morgan fingerprint density at radius 3 is 2.74 bits per heavy atom. The van der Waals surface area contributed by atoms with E-state index in [0.29, 0.717) is 17.9 Å². The molecule has 0 aromatic heterocycles. The van der Waals surface area contributed by atoms with Crippen LogP contribution in [0.2, 0.25) is 0 Å². The Balaban J connectivity index is 1.53. The molecule has 2 atom stereocenters. The van der Waals surface area contributed by atoms with Crippen LogP contribution < -0.4 is 5.32 Å². The third-order valence-electron chi connectivity index (χ3n) is 4.68. The van der Waals surface area contributed by atoms with E-state index in [0.717, 1.165) is 38.4 Å². The van der Waals surface area contributed by atoms with E-state index >= 15 is 0 Å². The van der Waals surface area contributed by atoms with Gasteiger partial charge in [-0.05, 0) is 56.9 Å². The van der Waals surface area contributed by atoms with Crippen LogP contribution >= 0.6 is 0 Å². The summed E-state index contributed by atoms with van der Waals surface area (Å²) in [4.78, 5) is 14.7. The topological polar surface area (TPSA) is 32.3 Å². The minimum absolute atomic E-state index is 0.386. The minimum atomic E-state index is 0.386. The largest absolute Gasteiger partial charge is 0.341 e. The van der Waals surface area contributed by atoms with E-state index in [1.807, 2.05) is 0 Å². The lowest BCUT2D eigenvalue weighted by Crippen LogP contribution is -2.42. The smallest absolute Gasteiger partial charge is 0.223 e. The number of amides is 1. The summed E-state index contributed by atoms with van der Waals surface area (Å²) < 4.78 is 0. The van der Waals surface area contributed by atoms with Gasteiger partial charge in [0.05, 0.1) is 0 Å². The number of carbonyl (C=O) groups is 1. The van der Waals surface area contributed by atoms with Crippen molar-refractivity contribution in [3.63, 3.8) is 0 Å². The molecule has 1 aliphatic heterocycles. The van der Waals surface area contributed by atoms with Gasteiger partial charge in [0.2, 0.25) is 5.91 Å². The quantitative estimate of drug-likeness (QED) is 0.745. The first kappa shape index (κ1) is 13.2. The highest BCUT2D eigenvalue weighted by atomic mass is 16.2. The summed E-state index contributed by atoms with van der Waals surface area (Å²) in [6.07, 6.45) is 12.7. The van der Waals surface area contributed by atoms with Crippen molar-refractivity contribution in [2.75, 3.05) is 19.6 Å². The van der Waals surface area contributed by atoms with Crippen LogP contribution in [0.5, 0.6) is 0 Å². The van der Waals surface area contributed by atoms with Crippen molar-refractivity contribution >= 4 is 5.91 Å². The molecule has 2 unspecified atom stereocenters. The van der Waals surface area contributed by atoms with Gasteiger partial charge in [0, 0.05) is 25.6 Å². The Bertz CT molecular complexity index is 343. The summed E-state index contributed by atoms with van der Waals surface area (Å²) in [5.41, 5.74) is 0. The normalized spacial score (nSPS) is 29.9. The van der Waals surface area contributed by atoms with Crippen LogP contribution in [-0.2, 0) is 4.79 Å². The number of hydrogen-bond acceptors (Lipinski definition) is 2. The number of allylic oxidation sites excluding steroid dienone is 2. The number of hydrogen-bond donors (Lipinski definition) is 1. The van der Waals surface area contributed by atoms with E-state index in [4.69, 9.17) is 0 Å². The third-order valence-corrected chi connectivity index (χ3v) is 4.68. The second-order valence-corrected chi connectivity index (χ2v) is 6.51. The first-order valence-electron chi connectivity index (χ1n) is 7.99. The Labute approximate surface area is 116 Å². The van der Waals surface area contributed by atoms with E-state index < -0.39 is 0 Å².